The molecular weight excluding hydrogens is 360 g/mol. The maximum absolute atomic E-state index is 12.0. The Morgan fingerprint density at radius 1 is 1.07 bits per heavy atom. The van der Waals surface area contributed by atoms with Crippen molar-refractivity contribution >= 4 is 5.91 Å². The lowest BCUT2D eigenvalue weighted by atomic mass is 9.92. The number of para-hydroxylation sites is 1. The van der Waals surface area contributed by atoms with Crippen LogP contribution < -0.4 is 10.1 Å². The van der Waals surface area contributed by atoms with Gasteiger partial charge < -0.3 is 15.0 Å². The molecule has 1 aliphatic rings. The zero-order chi connectivity index (χ0) is 20.5. The second-order valence-corrected chi connectivity index (χ2v) is 8.05. The van der Waals surface area contributed by atoms with Gasteiger partial charge in [0, 0.05) is 32.1 Å². The van der Waals surface area contributed by atoms with E-state index in [1.165, 1.54) is 5.56 Å². The van der Waals surface area contributed by atoms with Gasteiger partial charge in [-0.25, -0.2) is 0 Å². The summed E-state index contributed by atoms with van der Waals surface area (Å²) in [4.78, 5) is 14.0. The summed E-state index contributed by atoms with van der Waals surface area (Å²) in [6, 6.07) is 18.7. The van der Waals surface area contributed by atoms with Crippen molar-refractivity contribution in [3.05, 3.63) is 60.2 Å². The monoisotopic (exact) mass is 394 g/mol. The first kappa shape index (κ1) is 21.4. The van der Waals surface area contributed by atoms with Crippen LogP contribution in [0.1, 0.15) is 45.1 Å². The van der Waals surface area contributed by atoms with Crippen LogP contribution >= 0.6 is 0 Å². The van der Waals surface area contributed by atoms with E-state index in [2.05, 4.69) is 37.4 Å². The van der Waals surface area contributed by atoms with Crippen molar-refractivity contribution in [1.29, 1.82) is 0 Å². The Hall–Kier alpha value is -2.33. The topological polar surface area (TPSA) is 41.6 Å². The maximum atomic E-state index is 12.0. The molecule has 2 unspecified atom stereocenters. The van der Waals surface area contributed by atoms with E-state index < -0.39 is 0 Å². The number of nitrogens with one attached hydrogen (secondary N) is 1. The number of benzene rings is 2. The Balaban J connectivity index is 1.50. The van der Waals surface area contributed by atoms with E-state index in [4.69, 9.17) is 4.74 Å². The van der Waals surface area contributed by atoms with Crippen molar-refractivity contribution in [2.45, 2.75) is 52.0 Å². The summed E-state index contributed by atoms with van der Waals surface area (Å²) >= 11 is 0. The SMILES string of the molecule is CCC(NCCN1CCCCC1=O)C(C)Cc1cccc(Oc2ccccc2)c1. The van der Waals surface area contributed by atoms with Crippen LogP contribution in [0, 0.1) is 5.92 Å². The molecule has 0 bridgehead atoms. The molecule has 4 nitrogen and oxygen atoms in total. The summed E-state index contributed by atoms with van der Waals surface area (Å²) < 4.78 is 5.98. The molecule has 1 aliphatic heterocycles. The number of nitrogens with zero attached hydrogens (tertiary/aromatic N) is 1. The van der Waals surface area contributed by atoms with E-state index in [-0.39, 0.29) is 0 Å². The number of ether oxygens (including phenoxy) is 1. The Kier molecular flexibility index (Phi) is 8.12. The Morgan fingerprint density at radius 3 is 2.62 bits per heavy atom. The van der Waals surface area contributed by atoms with Crippen molar-refractivity contribution < 1.29 is 9.53 Å². The largest absolute Gasteiger partial charge is 0.457 e. The van der Waals surface area contributed by atoms with Gasteiger partial charge in [-0.1, -0.05) is 44.2 Å². The lowest BCUT2D eigenvalue weighted by Crippen LogP contribution is -2.43. The minimum atomic E-state index is 0.314. The molecule has 1 saturated heterocycles. The molecule has 0 radical (unpaired) electrons. The number of hydrogen-bond donors (Lipinski definition) is 1. The summed E-state index contributed by atoms with van der Waals surface area (Å²) in [6.07, 6.45) is 4.98. The highest BCUT2D eigenvalue weighted by Gasteiger charge is 2.19. The third-order valence-electron chi connectivity index (χ3n) is 5.77. The first-order valence-electron chi connectivity index (χ1n) is 11.0. The molecule has 4 heteroatoms. The first-order chi connectivity index (χ1) is 14.2. The van der Waals surface area contributed by atoms with Gasteiger partial charge in [0.15, 0.2) is 0 Å². The standard InChI is InChI=1S/C25H34N2O2/c1-3-24(26-15-17-27-16-8-7-14-25(27)28)20(2)18-21-10-9-13-23(19-21)29-22-11-5-4-6-12-22/h4-6,9-13,19-20,24,26H,3,7-8,14-18H2,1-2H3. The number of carbonyl (C=O) groups excluding carboxylic acids is 1. The van der Waals surface area contributed by atoms with Crippen LogP contribution in [0.15, 0.2) is 54.6 Å². The molecule has 0 aliphatic carbocycles. The van der Waals surface area contributed by atoms with Gasteiger partial charge in [-0.15, -0.1) is 0 Å². The van der Waals surface area contributed by atoms with E-state index in [9.17, 15) is 4.79 Å². The Morgan fingerprint density at radius 2 is 1.86 bits per heavy atom. The van der Waals surface area contributed by atoms with Crippen molar-refractivity contribution in [2.75, 3.05) is 19.6 Å². The minimum absolute atomic E-state index is 0.314. The van der Waals surface area contributed by atoms with Gasteiger partial charge in [0.25, 0.3) is 0 Å². The number of hydrogen-bond acceptors (Lipinski definition) is 3. The van der Waals surface area contributed by atoms with Crippen molar-refractivity contribution in [1.82, 2.24) is 10.2 Å². The van der Waals surface area contributed by atoms with E-state index in [0.717, 1.165) is 63.2 Å². The number of amides is 1. The molecule has 2 aromatic carbocycles. The fraction of sp³-hybridized carbons (Fsp3) is 0.480. The molecule has 156 valence electrons. The minimum Gasteiger partial charge on any atom is -0.457 e. The third kappa shape index (κ3) is 6.60. The summed E-state index contributed by atoms with van der Waals surface area (Å²) in [6.45, 7) is 7.14. The maximum Gasteiger partial charge on any atom is 0.222 e. The molecule has 3 rings (SSSR count). The van der Waals surface area contributed by atoms with Crippen LogP contribution in [0.25, 0.3) is 0 Å². The molecule has 2 aromatic rings. The fourth-order valence-electron chi connectivity index (χ4n) is 4.11. The highest BCUT2D eigenvalue weighted by molar-refractivity contribution is 5.76. The van der Waals surface area contributed by atoms with Crippen LogP contribution in [-0.4, -0.2) is 36.5 Å². The van der Waals surface area contributed by atoms with Gasteiger partial charge in [-0.05, 0) is 61.4 Å². The van der Waals surface area contributed by atoms with Crippen molar-refractivity contribution in [3.8, 4) is 11.5 Å². The van der Waals surface area contributed by atoms with Gasteiger partial charge in [0.05, 0.1) is 0 Å². The molecule has 1 heterocycles. The van der Waals surface area contributed by atoms with Gasteiger partial charge in [0.2, 0.25) is 5.91 Å². The van der Waals surface area contributed by atoms with Gasteiger partial charge in [-0.3, -0.25) is 4.79 Å². The molecule has 29 heavy (non-hydrogen) atoms. The van der Waals surface area contributed by atoms with Gasteiger partial charge in [0.1, 0.15) is 11.5 Å². The summed E-state index contributed by atoms with van der Waals surface area (Å²) in [5, 5.41) is 3.69. The second-order valence-electron chi connectivity index (χ2n) is 8.05. The molecular formula is C25H34N2O2. The summed E-state index contributed by atoms with van der Waals surface area (Å²) in [5.74, 6) is 2.56. The molecule has 1 N–H and O–H groups in total. The average Bonchev–Trinajstić information content (AvgIpc) is 2.73. The van der Waals surface area contributed by atoms with Crippen LogP contribution in [-0.2, 0) is 11.2 Å². The van der Waals surface area contributed by atoms with Gasteiger partial charge in [-0.2, -0.15) is 0 Å². The predicted octanol–water partition coefficient (Wildman–Crippen LogP) is 5.04. The second kappa shape index (κ2) is 11.0. The Bertz CT molecular complexity index is 762. The van der Waals surface area contributed by atoms with E-state index in [1.807, 2.05) is 41.3 Å². The normalized spacial score (nSPS) is 16.5. The lowest BCUT2D eigenvalue weighted by Gasteiger charge is -2.29. The lowest BCUT2D eigenvalue weighted by molar-refractivity contribution is -0.133. The molecule has 1 fully saturated rings. The molecule has 2 atom stereocenters. The smallest absolute Gasteiger partial charge is 0.222 e. The zero-order valence-corrected chi connectivity index (χ0v) is 17.8. The zero-order valence-electron chi connectivity index (χ0n) is 17.8. The summed E-state index contributed by atoms with van der Waals surface area (Å²) in [5.41, 5.74) is 1.29. The van der Waals surface area contributed by atoms with Crippen LogP contribution in [0.3, 0.4) is 0 Å². The third-order valence-corrected chi connectivity index (χ3v) is 5.77. The Labute approximate surface area is 175 Å². The first-order valence-corrected chi connectivity index (χ1v) is 11.0. The number of rotatable bonds is 10. The quantitative estimate of drug-likeness (QED) is 0.614. The van der Waals surface area contributed by atoms with Gasteiger partial charge >= 0.3 is 0 Å². The van der Waals surface area contributed by atoms with Crippen molar-refractivity contribution in [2.24, 2.45) is 5.92 Å². The number of piperidine rings is 1. The highest BCUT2D eigenvalue weighted by atomic mass is 16.5. The molecule has 1 amide bonds. The predicted molar refractivity (Wildman–Crippen MR) is 118 cm³/mol. The van der Waals surface area contributed by atoms with Crippen LogP contribution in [0.2, 0.25) is 0 Å². The van der Waals surface area contributed by atoms with E-state index in [0.29, 0.717) is 17.9 Å². The average molecular weight is 395 g/mol. The van der Waals surface area contributed by atoms with Crippen molar-refractivity contribution in [3.63, 3.8) is 0 Å². The van der Waals surface area contributed by atoms with Crippen LogP contribution in [0.5, 0.6) is 11.5 Å². The number of carbonyl (C=O) groups is 1. The molecule has 0 saturated carbocycles. The fourth-order valence-corrected chi connectivity index (χ4v) is 4.11. The molecule has 0 spiro atoms. The van der Waals surface area contributed by atoms with E-state index in [1.54, 1.807) is 0 Å². The molecule has 0 aromatic heterocycles. The number of likely N-dealkylation sites (tertiary alicyclic amines) is 1. The summed E-state index contributed by atoms with van der Waals surface area (Å²) in [7, 11) is 0. The highest BCUT2D eigenvalue weighted by Crippen LogP contribution is 2.24. The van der Waals surface area contributed by atoms with Crippen LogP contribution in [0.4, 0.5) is 0 Å². The van der Waals surface area contributed by atoms with E-state index >= 15 is 0 Å².